The van der Waals surface area contributed by atoms with E-state index in [1.807, 2.05) is 0 Å². The lowest BCUT2D eigenvalue weighted by molar-refractivity contribution is 0.120. The highest BCUT2D eigenvalue weighted by Gasteiger charge is 2.27. The van der Waals surface area contributed by atoms with Crippen molar-refractivity contribution in [2.75, 3.05) is 32.8 Å². The van der Waals surface area contributed by atoms with Gasteiger partial charge in [0.2, 0.25) is 0 Å². The summed E-state index contributed by atoms with van der Waals surface area (Å²) in [6, 6.07) is 0.500. The highest BCUT2D eigenvalue weighted by Crippen LogP contribution is 2.22. The lowest BCUT2D eigenvalue weighted by Gasteiger charge is -2.37. The van der Waals surface area contributed by atoms with Gasteiger partial charge >= 0.3 is 0 Å². The molecule has 0 saturated carbocycles. The third-order valence-corrected chi connectivity index (χ3v) is 3.46. The fourth-order valence-corrected chi connectivity index (χ4v) is 2.08. The maximum Gasteiger partial charge on any atom is 0.0558 e. The second-order valence-corrected chi connectivity index (χ2v) is 5.66. The molecule has 0 aromatic rings. The van der Waals surface area contributed by atoms with Gasteiger partial charge in [-0.05, 0) is 38.3 Å². The van der Waals surface area contributed by atoms with Crippen LogP contribution in [0.5, 0.6) is 0 Å². The van der Waals surface area contributed by atoms with Crippen molar-refractivity contribution in [2.24, 2.45) is 5.41 Å². The number of rotatable bonds is 10. The molecule has 0 aliphatic heterocycles. The standard InChI is InChI=1S/C14H32N2O/c1-6-8-15-13(3)14(4,5)12-16(9-7-2)10-11-17/h13,15,17H,6-12H2,1-5H3. The largest absolute Gasteiger partial charge is 0.395 e. The average molecular weight is 244 g/mol. The fourth-order valence-electron chi connectivity index (χ4n) is 2.08. The monoisotopic (exact) mass is 244 g/mol. The SMILES string of the molecule is CCCNC(C)C(C)(C)CN(CCC)CCO. The zero-order valence-corrected chi connectivity index (χ0v) is 12.4. The molecule has 1 atom stereocenters. The van der Waals surface area contributed by atoms with Crippen molar-refractivity contribution in [3.63, 3.8) is 0 Å². The zero-order chi connectivity index (χ0) is 13.3. The van der Waals surface area contributed by atoms with E-state index in [2.05, 4.69) is 44.8 Å². The molecule has 0 spiro atoms. The van der Waals surface area contributed by atoms with Crippen LogP contribution in [0.3, 0.4) is 0 Å². The molecule has 0 radical (unpaired) electrons. The van der Waals surface area contributed by atoms with Crippen LogP contribution < -0.4 is 5.32 Å². The van der Waals surface area contributed by atoms with E-state index in [9.17, 15) is 0 Å². The van der Waals surface area contributed by atoms with E-state index in [0.717, 1.165) is 32.6 Å². The van der Waals surface area contributed by atoms with Crippen LogP contribution in [0.15, 0.2) is 0 Å². The lowest BCUT2D eigenvalue weighted by atomic mass is 9.84. The molecule has 0 heterocycles. The van der Waals surface area contributed by atoms with E-state index >= 15 is 0 Å². The molecule has 0 fully saturated rings. The van der Waals surface area contributed by atoms with Crippen molar-refractivity contribution in [1.82, 2.24) is 10.2 Å². The first-order chi connectivity index (χ1) is 7.97. The van der Waals surface area contributed by atoms with Gasteiger partial charge < -0.3 is 15.3 Å². The van der Waals surface area contributed by atoms with E-state index < -0.39 is 0 Å². The summed E-state index contributed by atoms with van der Waals surface area (Å²) in [5, 5.41) is 12.7. The zero-order valence-electron chi connectivity index (χ0n) is 12.4. The van der Waals surface area contributed by atoms with Crippen LogP contribution in [0, 0.1) is 5.41 Å². The third kappa shape index (κ3) is 7.02. The molecule has 0 aromatic heterocycles. The van der Waals surface area contributed by atoms with Crippen molar-refractivity contribution in [3.8, 4) is 0 Å². The van der Waals surface area contributed by atoms with Crippen molar-refractivity contribution < 1.29 is 5.11 Å². The van der Waals surface area contributed by atoms with Crippen molar-refractivity contribution >= 4 is 0 Å². The molecule has 0 amide bonds. The third-order valence-electron chi connectivity index (χ3n) is 3.46. The van der Waals surface area contributed by atoms with Crippen LogP contribution in [0.1, 0.15) is 47.5 Å². The summed E-state index contributed by atoms with van der Waals surface area (Å²) < 4.78 is 0. The van der Waals surface area contributed by atoms with Crippen LogP contribution in [0.25, 0.3) is 0 Å². The van der Waals surface area contributed by atoms with E-state index in [1.165, 1.54) is 6.42 Å². The van der Waals surface area contributed by atoms with Gasteiger partial charge in [-0.3, -0.25) is 0 Å². The van der Waals surface area contributed by atoms with Crippen LogP contribution in [0.2, 0.25) is 0 Å². The highest BCUT2D eigenvalue weighted by atomic mass is 16.3. The topological polar surface area (TPSA) is 35.5 Å². The summed E-state index contributed by atoms with van der Waals surface area (Å²) >= 11 is 0. The van der Waals surface area contributed by atoms with Gasteiger partial charge in [0.1, 0.15) is 0 Å². The van der Waals surface area contributed by atoms with Gasteiger partial charge in [0.05, 0.1) is 6.61 Å². The molecule has 2 N–H and O–H groups in total. The molecular formula is C14H32N2O. The van der Waals surface area contributed by atoms with Gasteiger partial charge in [0.25, 0.3) is 0 Å². The molecule has 1 unspecified atom stereocenters. The minimum Gasteiger partial charge on any atom is -0.395 e. The maximum absolute atomic E-state index is 9.08. The quantitative estimate of drug-likeness (QED) is 0.618. The van der Waals surface area contributed by atoms with Crippen molar-refractivity contribution in [3.05, 3.63) is 0 Å². The number of nitrogens with zero attached hydrogens (tertiary/aromatic N) is 1. The average Bonchev–Trinajstić information content (AvgIpc) is 2.26. The first-order valence-electron chi connectivity index (χ1n) is 7.04. The van der Waals surface area contributed by atoms with Crippen molar-refractivity contribution in [2.45, 2.75) is 53.5 Å². The molecule has 104 valence electrons. The fraction of sp³-hybridized carbons (Fsp3) is 1.00. The van der Waals surface area contributed by atoms with Gasteiger partial charge in [-0.15, -0.1) is 0 Å². The normalized spacial score (nSPS) is 14.3. The summed E-state index contributed by atoms with van der Waals surface area (Å²) in [7, 11) is 0. The highest BCUT2D eigenvalue weighted by molar-refractivity contribution is 4.83. The Hall–Kier alpha value is -0.120. The number of nitrogens with one attached hydrogen (secondary N) is 1. The smallest absolute Gasteiger partial charge is 0.0558 e. The van der Waals surface area contributed by atoms with E-state index in [-0.39, 0.29) is 12.0 Å². The van der Waals surface area contributed by atoms with Gasteiger partial charge in [0.15, 0.2) is 0 Å². The lowest BCUT2D eigenvalue weighted by Crippen LogP contribution is -2.47. The molecule has 0 aromatic carbocycles. The first-order valence-corrected chi connectivity index (χ1v) is 7.04. The van der Waals surface area contributed by atoms with Crippen LogP contribution in [-0.4, -0.2) is 48.8 Å². The van der Waals surface area contributed by atoms with E-state index in [1.54, 1.807) is 0 Å². The molecular weight excluding hydrogens is 212 g/mol. The Morgan fingerprint density at radius 1 is 1.18 bits per heavy atom. The van der Waals surface area contributed by atoms with Gasteiger partial charge in [0, 0.05) is 19.1 Å². The Labute approximate surface area is 108 Å². The number of hydrogen-bond acceptors (Lipinski definition) is 3. The maximum atomic E-state index is 9.08. The number of aliphatic hydroxyl groups is 1. The predicted molar refractivity (Wildman–Crippen MR) is 75.4 cm³/mol. The molecule has 0 bridgehead atoms. The van der Waals surface area contributed by atoms with E-state index in [0.29, 0.717) is 6.04 Å². The predicted octanol–water partition coefficient (Wildman–Crippen LogP) is 2.11. The molecule has 3 heteroatoms. The summed E-state index contributed by atoms with van der Waals surface area (Å²) in [6.07, 6.45) is 2.32. The van der Waals surface area contributed by atoms with Gasteiger partial charge in [-0.25, -0.2) is 0 Å². The van der Waals surface area contributed by atoms with Crippen LogP contribution >= 0.6 is 0 Å². The van der Waals surface area contributed by atoms with E-state index in [4.69, 9.17) is 5.11 Å². The molecule has 17 heavy (non-hydrogen) atoms. The Morgan fingerprint density at radius 2 is 1.82 bits per heavy atom. The van der Waals surface area contributed by atoms with Gasteiger partial charge in [-0.1, -0.05) is 27.7 Å². The summed E-state index contributed by atoms with van der Waals surface area (Å²) in [5.41, 5.74) is 0.236. The van der Waals surface area contributed by atoms with Crippen LogP contribution in [0.4, 0.5) is 0 Å². The summed E-state index contributed by atoms with van der Waals surface area (Å²) in [6.45, 7) is 15.5. The Balaban J connectivity index is 4.25. The van der Waals surface area contributed by atoms with Crippen LogP contribution in [-0.2, 0) is 0 Å². The molecule has 0 aliphatic carbocycles. The molecule has 0 aliphatic rings. The number of hydrogen-bond donors (Lipinski definition) is 2. The number of aliphatic hydroxyl groups excluding tert-OH is 1. The molecule has 0 saturated heterocycles. The Kier molecular flexibility index (Phi) is 8.83. The second-order valence-electron chi connectivity index (χ2n) is 5.66. The Bertz CT molecular complexity index is 177. The summed E-state index contributed by atoms with van der Waals surface area (Å²) in [5.74, 6) is 0. The van der Waals surface area contributed by atoms with Gasteiger partial charge in [-0.2, -0.15) is 0 Å². The Morgan fingerprint density at radius 3 is 2.29 bits per heavy atom. The molecule has 3 nitrogen and oxygen atoms in total. The molecule has 0 rings (SSSR count). The second kappa shape index (κ2) is 8.90. The van der Waals surface area contributed by atoms with Crippen molar-refractivity contribution in [1.29, 1.82) is 0 Å². The minimum absolute atomic E-state index is 0.236. The summed E-state index contributed by atoms with van der Waals surface area (Å²) in [4.78, 5) is 2.37. The first kappa shape index (κ1) is 16.9. The minimum atomic E-state index is 0.236.